The zero-order valence-corrected chi connectivity index (χ0v) is 9.77. The molecule has 3 saturated heterocycles. The average Bonchev–Trinajstić information content (AvgIpc) is 2.42. The van der Waals surface area contributed by atoms with Gasteiger partial charge in [-0.1, -0.05) is 0 Å². The fraction of sp³-hybridized carbons (Fsp3) is 0.917. The number of nitrogens with zero attached hydrogens (tertiary/aromatic N) is 2. The summed E-state index contributed by atoms with van der Waals surface area (Å²) < 4.78 is 0. The van der Waals surface area contributed by atoms with Crippen molar-refractivity contribution in [3.8, 4) is 0 Å². The quantitative estimate of drug-likeness (QED) is 0.726. The predicted octanol–water partition coefficient (Wildman–Crippen LogP) is 0.173. The summed E-state index contributed by atoms with van der Waals surface area (Å²) in [6.07, 6.45) is 5.84. The Morgan fingerprint density at radius 3 is 2.31 bits per heavy atom. The van der Waals surface area contributed by atoms with Crippen LogP contribution in [-0.4, -0.2) is 53.5 Å². The Bertz CT molecular complexity index is 276. The summed E-state index contributed by atoms with van der Waals surface area (Å²) in [6.45, 7) is 2.59. The number of rotatable bonds is 2. The molecule has 3 aliphatic rings. The number of nitrogens with two attached hydrogens (primary N) is 1. The summed E-state index contributed by atoms with van der Waals surface area (Å²) in [4.78, 5) is 16.3. The van der Waals surface area contributed by atoms with E-state index in [1.54, 1.807) is 0 Å². The van der Waals surface area contributed by atoms with Gasteiger partial charge in [0.25, 0.3) is 0 Å². The van der Waals surface area contributed by atoms with Crippen LogP contribution in [0.15, 0.2) is 0 Å². The molecule has 1 amide bonds. The van der Waals surface area contributed by atoms with Gasteiger partial charge in [-0.25, -0.2) is 0 Å². The zero-order valence-electron chi connectivity index (χ0n) is 9.77. The van der Waals surface area contributed by atoms with Crippen molar-refractivity contribution in [3.05, 3.63) is 0 Å². The van der Waals surface area contributed by atoms with E-state index in [9.17, 15) is 4.79 Å². The zero-order chi connectivity index (χ0) is 11.1. The second-order valence-electron chi connectivity index (χ2n) is 5.52. The van der Waals surface area contributed by atoms with Crippen LogP contribution in [0, 0.1) is 0 Å². The van der Waals surface area contributed by atoms with E-state index in [1.807, 2.05) is 4.90 Å². The fourth-order valence-corrected chi connectivity index (χ4v) is 3.40. The van der Waals surface area contributed by atoms with Crippen LogP contribution in [0.4, 0.5) is 0 Å². The predicted molar refractivity (Wildman–Crippen MR) is 61.9 cm³/mol. The van der Waals surface area contributed by atoms with Gasteiger partial charge in [0.05, 0.1) is 6.54 Å². The standard InChI is InChI=1S/C12H21N3O/c13-9-6-10-2-3-11(7-9)15(10)8-12(16)14-4-1-5-14/h9-11H,1-8,13H2. The molecule has 0 spiro atoms. The molecule has 90 valence electrons. The first kappa shape index (κ1) is 10.5. The number of hydrogen-bond acceptors (Lipinski definition) is 3. The van der Waals surface area contributed by atoms with Crippen molar-refractivity contribution in [3.63, 3.8) is 0 Å². The first-order chi connectivity index (χ1) is 7.74. The van der Waals surface area contributed by atoms with E-state index < -0.39 is 0 Å². The Balaban J connectivity index is 1.60. The molecular weight excluding hydrogens is 202 g/mol. The summed E-state index contributed by atoms with van der Waals surface area (Å²) in [5.74, 6) is 0.332. The molecule has 0 aromatic rings. The third kappa shape index (κ3) is 1.74. The summed E-state index contributed by atoms with van der Waals surface area (Å²) >= 11 is 0. The summed E-state index contributed by atoms with van der Waals surface area (Å²) in [5.41, 5.74) is 6.02. The molecule has 0 radical (unpaired) electrons. The highest BCUT2D eigenvalue weighted by Crippen LogP contribution is 2.34. The maximum atomic E-state index is 11.9. The molecule has 3 rings (SSSR count). The van der Waals surface area contributed by atoms with Crippen molar-refractivity contribution >= 4 is 5.91 Å². The molecule has 2 atom stereocenters. The van der Waals surface area contributed by atoms with Crippen molar-refractivity contribution in [1.29, 1.82) is 0 Å². The Labute approximate surface area is 96.8 Å². The highest BCUT2D eigenvalue weighted by molar-refractivity contribution is 5.79. The summed E-state index contributed by atoms with van der Waals surface area (Å²) in [7, 11) is 0. The highest BCUT2D eigenvalue weighted by atomic mass is 16.2. The van der Waals surface area contributed by atoms with Crippen LogP contribution in [0.5, 0.6) is 0 Å². The maximum absolute atomic E-state index is 11.9. The molecule has 4 nitrogen and oxygen atoms in total. The van der Waals surface area contributed by atoms with Crippen molar-refractivity contribution in [2.75, 3.05) is 19.6 Å². The molecular formula is C12H21N3O. The van der Waals surface area contributed by atoms with E-state index in [4.69, 9.17) is 5.73 Å². The van der Waals surface area contributed by atoms with Crippen LogP contribution in [-0.2, 0) is 4.79 Å². The van der Waals surface area contributed by atoms with Crippen molar-refractivity contribution in [1.82, 2.24) is 9.80 Å². The molecule has 2 bridgehead atoms. The van der Waals surface area contributed by atoms with Gasteiger partial charge in [-0.15, -0.1) is 0 Å². The van der Waals surface area contributed by atoms with Gasteiger partial charge in [0.15, 0.2) is 0 Å². The Hall–Kier alpha value is -0.610. The minimum Gasteiger partial charge on any atom is -0.341 e. The fourth-order valence-electron chi connectivity index (χ4n) is 3.40. The molecule has 0 aliphatic carbocycles. The van der Waals surface area contributed by atoms with Crippen molar-refractivity contribution in [2.24, 2.45) is 5.73 Å². The maximum Gasteiger partial charge on any atom is 0.236 e. The molecule has 0 aromatic heterocycles. The first-order valence-corrected chi connectivity index (χ1v) is 6.53. The van der Waals surface area contributed by atoms with E-state index in [1.165, 1.54) is 19.3 Å². The molecule has 3 heterocycles. The van der Waals surface area contributed by atoms with Crippen LogP contribution in [0.2, 0.25) is 0 Å². The molecule has 4 heteroatoms. The number of carbonyl (C=O) groups is 1. The highest BCUT2D eigenvalue weighted by Gasteiger charge is 2.40. The van der Waals surface area contributed by atoms with Gasteiger partial charge >= 0.3 is 0 Å². The topological polar surface area (TPSA) is 49.6 Å². The molecule has 3 fully saturated rings. The van der Waals surface area contributed by atoms with E-state index in [-0.39, 0.29) is 0 Å². The average molecular weight is 223 g/mol. The van der Waals surface area contributed by atoms with Gasteiger partial charge < -0.3 is 10.6 Å². The Morgan fingerprint density at radius 2 is 1.81 bits per heavy atom. The number of hydrogen-bond donors (Lipinski definition) is 1. The SMILES string of the molecule is NC1CC2CCC(C1)N2CC(=O)N1CCC1. The minimum atomic E-state index is 0.332. The summed E-state index contributed by atoms with van der Waals surface area (Å²) in [6, 6.07) is 1.53. The molecule has 2 N–H and O–H groups in total. The van der Waals surface area contributed by atoms with Gasteiger partial charge in [0.1, 0.15) is 0 Å². The van der Waals surface area contributed by atoms with Gasteiger partial charge in [-0.2, -0.15) is 0 Å². The number of carbonyl (C=O) groups excluding carboxylic acids is 1. The lowest BCUT2D eigenvalue weighted by molar-refractivity contribution is -0.137. The summed E-state index contributed by atoms with van der Waals surface area (Å²) in [5, 5.41) is 0. The third-order valence-corrected chi connectivity index (χ3v) is 4.45. The van der Waals surface area contributed by atoms with E-state index >= 15 is 0 Å². The number of likely N-dealkylation sites (tertiary alicyclic amines) is 1. The van der Waals surface area contributed by atoms with Gasteiger partial charge in [0, 0.05) is 31.2 Å². The number of piperidine rings is 1. The van der Waals surface area contributed by atoms with E-state index in [2.05, 4.69) is 4.90 Å². The van der Waals surface area contributed by atoms with E-state index in [0.29, 0.717) is 30.6 Å². The Morgan fingerprint density at radius 1 is 1.19 bits per heavy atom. The lowest BCUT2D eigenvalue weighted by Crippen LogP contribution is -2.53. The van der Waals surface area contributed by atoms with Crippen molar-refractivity contribution < 1.29 is 4.79 Å². The van der Waals surface area contributed by atoms with Gasteiger partial charge in [-0.3, -0.25) is 9.69 Å². The van der Waals surface area contributed by atoms with Gasteiger partial charge in [0.2, 0.25) is 5.91 Å². The largest absolute Gasteiger partial charge is 0.341 e. The van der Waals surface area contributed by atoms with Crippen LogP contribution in [0.1, 0.15) is 32.1 Å². The van der Waals surface area contributed by atoms with Crippen LogP contribution in [0.25, 0.3) is 0 Å². The van der Waals surface area contributed by atoms with Crippen LogP contribution >= 0.6 is 0 Å². The Kier molecular flexibility index (Phi) is 2.64. The second kappa shape index (κ2) is 4.00. The lowest BCUT2D eigenvalue weighted by atomic mass is 9.98. The molecule has 16 heavy (non-hydrogen) atoms. The number of fused-ring (bicyclic) bond motifs is 2. The minimum absolute atomic E-state index is 0.332. The second-order valence-corrected chi connectivity index (χ2v) is 5.52. The molecule has 0 saturated carbocycles. The third-order valence-electron chi connectivity index (χ3n) is 4.45. The smallest absolute Gasteiger partial charge is 0.236 e. The normalized spacial score (nSPS) is 38.6. The van der Waals surface area contributed by atoms with Crippen LogP contribution in [0.3, 0.4) is 0 Å². The van der Waals surface area contributed by atoms with Gasteiger partial charge in [-0.05, 0) is 32.1 Å². The lowest BCUT2D eigenvalue weighted by Gasteiger charge is -2.39. The van der Waals surface area contributed by atoms with Crippen LogP contribution < -0.4 is 5.73 Å². The first-order valence-electron chi connectivity index (χ1n) is 6.53. The number of amides is 1. The van der Waals surface area contributed by atoms with Crippen molar-refractivity contribution in [2.45, 2.75) is 50.2 Å². The molecule has 3 aliphatic heterocycles. The molecule has 0 aromatic carbocycles. The monoisotopic (exact) mass is 223 g/mol. The van der Waals surface area contributed by atoms with E-state index in [0.717, 1.165) is 25.9 Å². The molecule has 2 unspecified atom stereocenters.